The van der Waals surface area contributed by atoms with Gasteiger partial charge in [-0.25, -0.2) is 0 Å². The van der Waals surface area contributed by atoms with Crippen LogP contribution in [-0.4, -0.2) is 23.4 Å². The molecule has 0 unspecified atom stereocenters. The summed E-state index contributed by atoms with van der Waals surface area (Å²) < 4.78 is 30.0. The molecule has 19 heavy (non-hydrogen) atoms. The van der Waals surface area contributed by atoms with E-state index in [1.165, 1.54) is 0 Å². The number of hydrogen-bond acceptors (Lipinski definition) is 5. The van der Waals surface area contributed by atoms with Crippen LogP contribution in [-0.2, 0) is 0 Å². The van der Waals surface area contributed by atoms with Crippen LogP contribution < -0.4 is 9.80 Å². The van der Waals surface area contributed by atoms with Gasteiger partial charge < -0.3 is 9.32 Å². The number of benzene rings is 1. The third-order valence-electron chi connectivity index (χ3n) is 3.05. The topological polar surface area (TPSA) is 45.4 Å². The van der Waals surface area contributed by atoms with E-state index in [4.69, 9.17) is 4.42 Å². The number of hydrogen-bond donors (Lipinski definition) is 0. The summed E-state index contributed by atoms with van der Waals surface area (Å²) in [6.07, 6.45) is -2.75. The van der Waals surface area contributed by atoms with Gasteiger partial charge in [0.15, 0.2) is 0 Å². The molecule has 0 fully saturated rings. The summed E-state index contributed by atoms with van der Waals surface area (Å²) in [7, 11) is 0. The van der Waals surface area contributed by atoms with Crippen molar-refractivity contribution in [2.45, 2.75) is 13.3 Å². The molecule has 0 amide bonds. The molecular weight excluding hydrogens is 254 g/mol. The minimum atomic E-state index is -2.75. The molecule has 0 bridgehead atoms. The SMILES string of the molecule is CCN1CN(c2nnc(C(F)F)o2)c2ccccc21. The number of nitrogens with zero attached hydrogens (tertiary/aromatic N) is 4. The molecule has 0 saturated heterocycles. The molecule has 1 aromatic carbocycles. The Morgan fingerprint density at radius 1 is 1.26 bits per heavy atom. The van der Waals surface area contributed by atoms with Gasteiger partial charge in [0.05, 0.1) is 18.0 Å². The van der Waals surface area contributed by atoms with Crippen molar-refractivity contribution in [3.8, 4) is 0 Å². The zero-order valence-electron chi connectivity index (χ0n) is 10.3. The summed E-state index contributed by atoms with van der Waals surface area (Å²) >= 11 is 0. The van der Waals surface area contributed by atoms with Crippen molar-refractivity contribution in [3.63, 3.8) is 0 Å². The van der Waals surface area contributed by atoms with Crippen molar-refractivity contribution < 1.29 is 13.2 Å². The smallest absolute Gasteiger partial charge is 0.324 e. The Kier molecular flexibility index (Phi) is 2.81. The molecule has 0 spiro atoms. The van der Waals surface area contributed by atoms with E-state index in [1.54, 1.807) is 4.90 Å². The zero-order valence-corrected chi connectivity index (χ0v) is 10.3. The minimum Gasteiger partial charge on any atom is -0.401 e. The first-order chi connectivity index (χ1) is 9.20. The largest absolute Gasteiger partial charge is 0.401 e. The molecule has 0 radical (unpaired) electrons. The summed E-state index contributed by atoms with van der Waals surface area (Å²) in [4.78, 5) is 3.83. The number of para-hydroxylation sites is 2. The van der Waals surface area contributed by atoms with E-state index < -0.39 is 12.3 Å². The van der Waals surface area contributed by atoms with E-state index in [1.807, 2.05) is 31.2 Å². The lowest BCUT2D eigenvalue weighted by Gasteiger charge is -2.16. The minimum absolute atomic E-state index is 0.0960. The monoisotopic (exact) mass is 266 g/mol. The maximum Gasteiger partial charge on any atom is 0.324 e. The van der Waals surface area contributed by atoms with Crippen LogP contribution in [0.3, 0.4) is 0 Å². The van der Waals surface area contributed by atoms with Crippen molar-refractivity contribution in [2.24, 2.45) is 0 Å². The lowest BCUT2D eigenvalue weighted by atomic mass is 10.2. The van der Waals surface area contributed by atoms with Gasteiger partial charge in [0.25, 0.3) is 5.89 Å². The first-order valence-electron chi connectivity index (χ1n) is 5.93. The van der Waals surface area contributed by atoms with Crippen LogP contribution in [0, 0.1) is 0 Å². The summed E-state index contributed by atoms with van der Waals surface area (Å²) in [6, 6.07) is 7.79. The lowest BCUT2D eigenvalue weighted by molar-refractivity contribution is 0.115. The van der Waals surface area contributed by atoms with Gasteiger partial charge in [-0.15, -0.1) is 5.10 Å². The van der Waals surface area contributed by atoms with Crippen LogP contribution in [0.15, 0.2) is 28.7 Å². The fourth-order valence-corrected chi connectivity index (χ4v) is 2.14. The molecule has 100 valence electrons. The normalized spacial score (nSPS) is 14.3. The molecule has 5 nitrogen and oxygen atoms in total. The number of rotatable bonds is 3. The van der Waals surface area contributed by atoms with Crippen LogP contribution >= 0.6 is 0 Å². The Hall–Kier alpha value is -2.18. The molecule has 0 saturated carbocycles. The van der Waals surface area contributed by atoms with E-state index in [2.05, 4.69) is 15.1 Å². The van der Waals surface area contributed by atoms with E-state index >= 15 is 0 Å². The predicted octanol–water partition coefficient (Wildman–Crippen LogP) is 2.94. The molecule has 0 aliphatic carbocycles. The van der Waals surface area contributed by atoms with Crippen molar-refractivity contribution in [2.75, 3.05) is 23.0 Å². The highest BCUT2D eigenvalue weighted by molar-refractivity contribution is 5.79. The Bertz CT molecular complexity index is 587. The van der Waals surface area contributed by atoms with Crippen LogP contribution in [0.25, 0.3) is 0 Å². The highest BCUT2D eigenvalue weighted by atomic mass is 19.3. The van der Waals surface area contributed by atoms with E-state index in [0.29, 0.717) is 6.67 Å². The fraction of sp³-hybridized carbons (Fsp3) is 0.333. The van der Waals surface area contributed by atoms with Crippen molar-refractivity contribution >= 4 is 17.4 Å². The number of aromatic nitrogens is 2. The number of anilines is 3. The Morgan fingerprint density at radius 3 is 2.63 bits per heavy atom. The first-order valence-corrected chi connectivity index (χ1v) is 5.93. The van der Waals surface area contributed by atoms with Crippen molar-refractivity contribution in [3.05, 3.63) is 30.2 Å². The van der Waals surface area contributed by atoms with Crippen LogP contribution in [0.1, 0.15) is 19.2 Å². The van der Waals surface area contributed by atoms with Gasteiger partial charge in [0, 0.05) is 6.54 Å². The summed E-state index contributed by atoms with van der Waals surface area (Å²) in [5.74, 6) is -0.651. The Labute approximate surface area is 108 Å². The van der Waals surface area contributed by atoms with E-state index in [0.717, 1.165) is 17.9 Å². The summed E-state index contributed by atoms with van der Waals surface area (Å²) in [5.41, 5.74) is 1.91. The molecule has 2 aromatic rings. The van der Waals surface area contributed by atoms with Gasteiger partial charge in [-0.1, -0.05) is 17.2 Å². The lowest BCUT2D eigenvalue weighted by Crippen LogP contribution is -2.27. The number of alkyl halides is 2. The third kappa shape index (κ3) is 1.91. The molecule has 3 rings (SSSR count). The second-order valence-corrected chi connectivity index (χ2v) is 4.14. The molecule has 0 atom stereocenters. The highest BCUT2D eigenvalue weighted by Crippen LogP contribution is 2.39. The maximum absolute atomic E-state index is 12.5. The molecule has 1 aromatic heterocycles. The molecule has 0 N–H and O–H groups in total. The van der Waals surface area contributed by atoms with Gasteiger partial charge in [-0.3, -0.25) is 4.90 Å². The van der Waals surface area contributed by atoms with Gasteiger partial charge in [-0.2, -0.15) is 8.78 Å². The second-order valence-electron chi connectivity index (χ2n) is 4.14. The van der Waals surface area contributed by atoms with E-state index in [9.17, 15) is 8.78 Å². The zero-order chi connectivity index (χ0) is 13.4. The average molecular weight is 266 g/mol. The quantitative estimate of drug-likeness (QED) is 0.854. The molecular formula is C12H12F2N4O. The number of fused-ring (bicyclic) bond motifs is 1. The summed E-state index contributed by atoms with van der Waals surface area (Å²) in [5, 5.41) is 7.05. The Morgan fingerprint density at radius 2 is 2.00 bits per heavy atom. The third-order valence-corrected chi connectivity index (χ3v) is 3.05. The number of halogens is 2. The van der Waals surface area contributed by atoms with Crippen molar-refractivity contribution in [1.82, 2.24) is 10.2 Å². The first kappa shape index (κ1) is 11.9. The van der Waals surface area contributed by atoms with Crippen LogP contribution in [0.2, 0.25) is 0 Å². The molecule has 1 aliphatic rings. The molecule has 1 aliphatic heterocycles. The Balaban J connectivity index is 1.98. The molecule has 7 heteroatoms. The van der Waals surface area contributed by atoms with Crippen molar-refractivity contribution in [1.29, 1.82) is 0 Å². The van der Waals surface area contributed by atoms with Gasteiger partial charge >= 0.3 is 12.4 Å². The van der Waals surface area contributed by atoms with Crippen LogP contribution in [0.5, 0.6) is 0 Å². The second kappa shape index (κ2) is 4.49. The van der Waals surface area contributed by atoms with Gasteiger partial charge in [-0.05, 0) is 19.1 Å². The van der Waals surface area contributed by atoms with Crippen LogP contribution in [0.4, 0.5) is 26.2 Å². The average Bonchev–Trinajstić information content (AvgIpc) is 3.03. The molecule has 2 heterocycles. The fourth-order valence-electron chi connectivity index (χ4n) is 2.14. The summed E-state index contributed by atoms with van der Waals surface area (Å²) in [6.45, 7) is 3.35. The van der Waals surface area contributed by atoms with E-state index in [-0.39, 0.29) is 6.01 Å². The standard InChI is InChI=1S/C12H12F2N4O/c1-2-17-7-18(9-6-4-3-5-8(9)17)12-16-15-11(19-12)10(13)14/h3-6,10H,2,7H2,1H3. The van der Waals surface area contributed by atoms with Gasteiger partial charge in [0.2, 0.25) is 0 Å². The predicted molar refractivity (Wildman–Crippen MR) is 65.7 cm³/mol. The highest BCUT2D eigenvalue weighted by Gasteiger charge is 2.29. The maximum atomic E-state index is 12.5. The van der Waals surface area contributed by atoms with Gasteiger partial charge in [0.1, 0.15) is 0 Å².